The Labute approximate surface area is 117 Å². The van der Waals surface area contributed by atoms with Crippen molar-refractivity contribution in [3.05, 3.63) is 64.4 Å². The normalized spacial score (nSPS) is 17.6. The summed E-state index contributed by atoms with van der Waals surface area (Å²) < 4.78 is 13.1. The van der Waals surface area contributed by atoms with Gasteiger partial charge in [0.05, 0.1) is 0 Å². The van der Waals surface area contributed by atoms with E-state index in [1.54, 1.807) is 6.07 Å². The molecule has 1 atom stereocenters. The molecule has 1 aliphatic rings. The van der Waals surface area contributed by atoms with Crippen LogP contribution in [0.5, 0.6) is 0 Å². The Morgan fingerprint density at radius 1 is 1.26 bits per heavy atom. The second-order valence-electron chi connectivity index (χ2n) is 5.05. The van der Waals surface area contributed by atoms with Gasteiger partial charge >= 0.3 is 0 Å². The van der Waals surface area contributed by atoms with Crippen molar-refractivity contribution < 1.29 is 4.39 Å². The monoisotopic (exact) mass is 275 g/mol. The summed E-state index contributed by atoms with van der Waals surface area (Å²) in [6.45, 7) is 2.93. The first-order valence-electron chi connectivity index (χ1n) is 6.43. The molecule has 1 unspecified atom stereocenters. The van der Waals surface area contributed by atoms with Crippen molar-refractivity contribution in [3.63, 3.8) is 0 Å². The highest BCUT2D eigenvalue weighted by Gasteiger charge is 2.25. The van der Waals surface area contributed by atoms with E-state index in [2.05, 4.69) is 36.1 Å². The number of halogens is 2. The summed E-state index contributed by atoms with van der Waals surface area (Å²) in [4.78, 5) is 2.33. The van der Waals surface area contributed by atoms with E-state index in [0.717, 1.165) is 18.5 Å². The summed E-state index contributed by atoms with van der Waals surface area (Å²) in [5, 5.41) is 0.497. The molecule has 0 saturated heterocycles. The molecule has 98 valence electrons. The van der Waals surface area contributed by atoms with Gasteiger partial charge in [0.15, 0.2) is 0 Å². The molecule has 0 N–H and O–H groups in total. The number of benzene rings is 2. The molecule has 19 heavy (non-hydrogen) atoms. The van der Waals surface area contributed by atoms with Crippen LogP contribution < -0.4 is 4.90 Å². The number of hydrogen-bond acceptors (Lipinski definition) is 1. The van der Waals surface area contributed by atoms with Crippen LogP contribution in [0.4, 0.5) is 10.1 Å². The van der Waals surface area contributed by atoms with Crippen molar-refractivity contribution in [3.8, 4) is 0 Å². The van der Waals surface area contributed by atoms with Crippen LogP contribution in [0, 0.1) is 5.82 Å². The SMILES string of the molecule is CC1Cc2ccccc2N1Cc1ccc(F)cc1Cl. The predicted molar refractivity (Wildman–Crippen MR) is 77.2 cm³/mol. The summed E-state index contributed by atoms with van der Waals surface area (Å²) in [6.07, 6.45) is 1.05. The molecule has 1 nitrogen and oxygen atoms in total. The third kappa shape index (κ3) is 2.33. The highest BCUT2D eigenvalue weighted by molar-refractivity contribution is 6.31. The van der Waals surface area contributed by atoms with Crippen molar-refractivity contribution in [2.24, 2.45) is 0 Å². The summed E-state index contributed by atoms with van der Waals surface area (Å²) in [7, 11) is 0. The van der Waals surface area contributed by atoms with Crippen LogP contribution in [0.2, 0.25) is 5.02 Å². The van der Waals surface area contributed by atoms with Crippen LogP contribution in [0.15, 0.2) is 42.5 Å². The number of hydrogen-bond donors (Lipinski definition) is 0. The molecule has 2 aromatic carbocycles. The van der Waals surface area contributed by atoms with Gasteiger partial charge < -0.3 is 4.90 Å². The van der Waals surface area contributed by atoms with E-state index in [4.69, 9.17) is 11.6 Å². The highest BCUT2D eigenvalue weighted by atomic mass is 35.5. The molecule has 0 aliphatic carbocycles. The van der Waals surface area contributed by atoms with Crippen LogP contribution in [-0.4, -0.2) is 6.04 Å². The van der Waals surface area contributed by atoms with Gasteiger partial charge in [0.1, 0.15) is 5.82 Å². The average Bonchev–Trinajstić information content (AvgIpc) is 2.69. The molecule has 3 heteroatoms. The lowest BCUT2D eigenvalue weighted by Gasteiger charge is -2.25. The second-order valence-corrected chi connectivity index (χ2v) is 5.45. The topological polar surface area (TPSA) is 3.24 Å². The lowest BCUT2D eigenvalue weighted by Crippen LogP contribution is -2.28. The number of nitrogens with zero attached hydrogens (tertiary/aromatic N) is 1. The fraction of sp³-hybridized carbons (Fsp3) is 0.250. The summed E-state index contributed by atoms with van der Waals surface area (Å²) in [6, 6.07) is 13.5. The third-order valence-electron chi connectivity index (χ3n) is 3.70. The number of anilines is 1. The molecule has 0 amide bonds. The Bertz CT molecular complexity index is 611. The zero-order chi connectivity index (χ0) is 13.4. The van der Waals surface area contributed by atoms with Gasteiger partial charge in [-0.05, 0) is 42.7 Å². The van der Waals surface area contributed by atoms with E-state index in [-0.39, 0.29) is 5.82 Å². The highest BCUT2D eigenvalue weighted by Crippen LogP contribution is 2.34. The minimum atomic E-state index is -0.288. The summed E-state index contributed by atoms with van der Waals surface area (Å²) >= 11 is 6.12. The Balaban J connectivity index is 1.91. The minimum Gasteiger partial charge on any atom is -0.364 e. The van der Waals surface area contributed by atoms with Gasteiger partial charge in [-0.2, -0.15) is 0 Å². The van der Waals surface area contributed by atoms with Crippen LogP contribution in [0.3, 0.4) is 0 Å². The van der Waals surface area contributed by atoms with Gasteiger partial charge in [0.2, 0.25) is 0 Å². The van der Waals surface area contributed by atoms with Gasteiger partial charge in [0.25, 0.3) is 0 Å². The fourth-order valence-electron chi connectivity index (χ4n) is 2.70. The molecule has 0 bridgehead atoms. The van der Waals surface area contributed by atoms with E-state index < -0.39 is 0 Å². The van der Waals surface area contributed by atoms with Crippen LogP contribution in [0.25, 0.3) is 0 Å². The smallest absolute Gasteiger partial charge is 0.124 e. The van der Waals surface area contributed by atoms with Crippen molar-refractivity contribution >= 4 is 17.3 Å². The van der Waals surface area contributed by atoms with E-state index in [1.807, 2.05) is 0 Å². The molecule has 0 saturated carbocycles. The van der Waals surface area contributed by atoms with Gasteiger partial charge in [-0.3, -0.25) is 0 Å². The van der Waals surface area contributed by atoms with Gasteiger partial charge in [-0.1, -0.05) is 35.9 Å². The Morgan fingerprint density at radius 2 is 2.05 bits per heavy atom. The first-order chi connectivity index (χ1) is 9.15. The van der Waals surface area contributed by atoms with Gasteiger partial charge in [0, 0.05) is 23.3 Å². The van der Waals surface area contributed by atoms with Gasteiger partial charge in [-0.15, -0.1) is 0 Å². The average molecular weight is 276 g/mol. The first-order valence-corrected chi connectivity index (χ1v) is 6.81. The predicted octanol–water partition coefficient (Wildman–Crippen LogP) is 4.43. The van der Waals surface area contributed by atoms with Crippen molar-refractivity contribution in [1.82, 2.24) is 0 Å². The molecule has 1 aliphatic heterocycles. The van der Waals surface area contributed by atoms with E-state index >= 15 is 0 Å². The first kappa shape index (κ1) is 12.5. The largest absolute Gasteiger partial charge is 0.364 e. The fourth-order valence-corrected chi connectivity index (χ4v) is 2.93. The van der Waals surface area contributed by atoms with E-state index in [9.17, 15) is 4.39 Å². The molecule has 0 fully saturated rings. The van der Waals surface area contributed by atoms with Gasteiger partial charge in [-0.25, -0.2) is 4.39 Å². The maximum atomic E-state index is 13.1. The molecular weight excluding hydrogens is 261 g/mol. The molecular formula is C16H15ClFN. The molecule has 0 spiro atoms. The van der Waals surface area contributed by atoms with Crippen LogP contribution in [-0.2, 0) is 13.0 Å². The lowest BCUT2D eigenvalue weighted by atomic mass is 10.1. The van der Waals surface area contributed by atoms with Crippen molar-refractivity contribution in [2.75, 3.05) is 4.90 Å². The molecule has 2 aromatic rings. The second kappa shape index (κ2) is 4.86. The van der Waals surface area contributed by atoms with E-state index in [0.29, 0.717) is 11.1 Å². The number of fused-ring (bicyclic) bond motifs is 1. The van der Waals surface area contributed by atoms with Crippen LogP contribution >= 0.6 is 11.6 Å². The lowest BCUT2D eigenvalue weighted by molar-refractivity contribution is 0.625. The van der Waals surface area contributed by atoms with Crippen molar-refractivity contribution in [2.45, 2.75) is 25.9 Å². The zero-order valence-corrected chi connectivity index (χ0v) is 11.5. The number of rotatable bonds is 2. The molecule has 0 radical (unpaired) electrons. The van der Waals surface area contributed by atoms with Crippen LogP contribution in [0.1, 0.15) is 18.1 Å². The standard InChI is InChI=1S/C16H15ClFN/c1-11-8-12-4-2-3-5-16(12)19(11)10-13-6-7-14(18)9-15(13)17/h2-7,9,11H,8,10H2,1H3. The third-order valence-corrected chi connectivity index (χ3v) is 4.06. The van der Waals surface area contributed by atoms with E-state index in [1.165, 1.54) is 23.4 Å². The molecule has 3 rings (SSSR count). The number of para-hydroxylation sites is 1. The van der Waals surface area contributed by atoms with Crippen molar-refractivity contribution in [1.29, 1.82) is 0 Å². The molecule has 1 heterocycles. The Hall–Kier alpha value is -1.54. The quantitative estimate of drug-likeness (QED) is 0.784. The Morgan fingerprint density at radius 3 is 2.84 bits per heavy atom. The maximum Gasteiger partial charge on any atom is 0.124 e. The minimum absolute atomic E-state index is 0.288. The molecule has 0 aromatic heterocycles. The summed E-state index contributed by atoms with van der Waals surface area (Å²) in [5.41, 5.74) is 3.59. The Kier molecular flexibility index (Phi) is 3.19. The zero-order valence-electron chi connectivity index (χ0n) is 10.7. The maximum absolute atomic E-state index is 13.1. The summed E-state index contributed by atoms with van der Waals surface area (Å²) in [5.74, 6) is -0.288.